The molecular formula is C29H32N2O6. The standard InChI is InChI=1S/C29H32N2O6/c1-21-6-9-24(10-7-21)36-18-4-16-31-26-19-22(8-15-27(26)37-20-29(31)33)30-28(32)5-3-17-35-25-13-11-23(34-2)12-14-25/h6-15,19H,3-5,16-18,20H2,1-2H3,(H,30,32). The van der Waals surface area contributed by atoms with Gasteiger partial charge in [0.05, 0.1) is 26.0 Å². The van der Waals surface area contributed by atoms with Crippen molar-refractivity contribution in [2.75, 3.05) is 43.7 Å². The zero-order valence-corrected chi connectivity index (χ0v) is 21.2. The maximum absolute atomic E-state index is 12.6. The van der Waals surface area contributed by atoms with Crippen molar-refractivity contribution in [3.8, 4) is 23.0 Å². The molecular weight excluding hydrogens is 472 g/mol. The number of carbonyl (C=O) groups is 2. The second-order valence-electron chi connectivity index (χ2n) is 8.71. The van der Waals surface area contributed by atoms with Crippen molar-refractivity contribution in [1.29, 1.82) is 0 Å². The SMILES string of the molecule is COc1ccc(OCCCC(=O)Nc2ccc3c(c2)N(CCCOc2ccc(C)cc2)C(=O)CO3)cc1. The van der Waals surface area contributed by atoms with Gasteiger partial charge in [0.25, 0.3) is 5.91 Å². The number of hydrogen-bond donors (Lipinski definition) is 1. The second kappa shape index (κ2) is 12.7. The number of amides is 2. The van der Waals surface area contributed by atoms with E-state index in [1.54, 1.807) is 30.2 Å². The Bertz CT molecular complexity index is 1190. The lowest BCUT2D eigenvalue weighted by atomic mass is 10.2. The molecule has 0 aliphatic carbocycles. The third kappa shape index (κ3) is 7.39. The van der Waals surface area contributed by atoms with E-state index < -0.39 is 0 Å². The predicted molar refractivity (Wildman–Crippen MR) is 142 cm³/mol. The smallest absolute Gasteiger partial charge is 0.265 e. The summed E-state index contributed by atoms with van der Waals surface area (Å²) < 4.78 is 22.2. The van der Waals surface area contributed by atoms with E-state index in [4.69, 9.17) is 18.9 Å². The highest BCUT2D eigenvalue weighted by molar-refractivity contribution is 5.99. The summed E-state index contributed by atoms with van der Waals surface area (Å²) >= 11 is 0. The summed E-state index contributed by atoms with van der Waals surface area (Å²) in [7, 11) is 1.61. The van der Waals surface area contributed by atoms with E-state index in [1.165, 1.54) is 5.56 Å². The van der Waals surface area contributed by atoms with Crippen LogP contribution in [0.4, 0.5) is 11.4 Å². The molecule has 8 heteroatoms. The zero-order chi connectivity index (χ0) is 26.0. The zero-order valence-electron chi connectivity index (χ0n) is 21.2. The molecule has 4 rings (SSSR count). The molecule has 0 radical (unpaired) electrons. The summed E-state index contributed by atoms with van der Waals surface area (Å²) in [5, 5.41) is 2.91. The van der Waals surface area contributed by atoms with Gasteiger partial charge in [0.2, 0.25) is 5.91 Å². The molecule has 1 aliphatic heterocycles. The van der Waals surface area contributed by atoms with Crippen LogP contribution in [0.1, 0.15) is 24.8 Å². The molecule has 0 atom stereocenters. The minimum atomic E-state index is -0.126. The third-order valence-corrected chi connectivity index (χ3v) is 5.88. The molecule has 2 amide bonds. The van der Waals surface area contributed by atoms with Crippen LogP contribution >= 0.6 is 0 Å². The van der Waals surface area contributed by atoms with Gasteiger partial charge in [0, 0.05) is 18.7 Å². The van der Waals surface area contributed by atoms with E-state index in [0.29, 0.717) is 56.1 Å². The summed E-state index contributed by atoms with van der Waals surface area (Å²) in [5.74, 6) is 2.66. The maximum atomic E-state index is 12.6. The van der Waals surface area contributed by atoms with E-state index in [-0.39, 0.29) is 18.4 Å². The molecule has 0 aromatic heterocycles. The van der Waals surface area contributed by atoms with Crippen LogP contribution < -0.4 is 29.2 Å². The number of anilines is 2. The van der Waals surface area contributed by atoms with Gasteiger partial charge in [-0.1, -0.05) is 17.7 Å². The number of carbonyl (C=O) groups excluding carboxylic acids is 2. The number of nitrogens with zero attached hydrogens (tertiary/aromatic N) is 1. The van der Waals surface area contributed by atoms with Crippen LogP contribution in [-0.4, -0.2) is 45.3 Å². The predicted octanol–water partition coefficient (Wildman–Crippen LogP) is 5.00. The van der Waals surface area contributed by atoms with Gasteiger partial charge in [-0.2, -0.15) is 0 Å². The number of hydrogen-bond acceptors (Lipinski definition) is 6. The van der Waals surface area contributed by atoms with Crippen LogP contribution in [0.3, 0.4) is 0 Å². The molecule has 1 N–H and O–H groups in total. The second-order valence-corrected chi connectivity index (χ2v) is 8.71. The Hall–Kier alpha value is -4.20. The van der Waals surface area contributed by atoms with E-state index in [1.807, 2.05) is 55.5 Å². The summed E-state index contributed by atoms with van der Waals surface area (Å²) in [6.45, 7) is 3.41. The molecule has 8 nitrogen and oxygen atoms in total. The largest absolute Gasteiger partial charge is 0.497 e. The lowest BCUT2D eigenvalue weighted by molar-refractivity contribution is -0.121. The number of ether oxygens (including phenoxy) is 4. The molecule has 0 spiro atoms. The van der Waals surface area contributed by atoms with Crippen molar-refractivity contribution in [2.24, 2.45) is 0 Å². The molecule has 0 saturated heterocycles. The Morgan fingerprint density at radius 1 is 0.919 bits per heavy atom. The van der Waals surface area contributed by atoms with Gasteiger partial charge in [-0.25, -0.2) is 0 Å². The number of methoxy groups -OCH3 is 1. The molecule has 0 fully saturated rings. The molecule has 3 aromatic rings. The summed E-state index contributed by atoms with van der Waals surface area (Å²) in [6.07, 6.45) is 1.53. The summed E-state index contributed by atoms with van der Waals surface area (Å²) in [4.78, 5) is 26.7. The van der Waals surface area contributed by atoms with Crippen LogP contribution in [0.15, 0.2) is 66.7 Å². The van der Waals surface area contributed by atoms with Gasteiger partial charge in [-0.05, 0) is 74.4 Å². The maximum Gasteiger partial charge on any atom is 0.265 e. The van der Waals surface area contributed by atoms with Crippen molar-refractivity contribution in [2.45, 2.75) is 26.2 Å². The fourth-order valence-corrected chi connectivity index (χ4v) is 3.89. The van der Waals surface area contributed by atoms with E-state index in [2.05, 4.69) is 5.32 Å². The number of benzene rings is 3. The summed E-state index contributed by atoms with van der Waals surface area (Å²) in [6, 6.07) is 20.5. The highest BCUT2D eigenvalue weighted by Crippen LogP contribution is 2.34. The first-order valence-corrected chi connectivity index (χ1v) is 12.4. The van der Waals surface area contributed by atoms with E-state index in [9.17, 15) is 9.59 Å². The third-order valence-electron chi connectivity index (χ3n) is 5.88. The first-order valence-electron chi connectivity index (χ1n) is 12.4. The van der Waals surface area contributed by atoms with Crippen LogP contribution in [0.2, 0.25) is 0 Å². The van der Waals surface area contributed by atoms with Crippen molar-refractivity contribution in [3.05, 3.63) is 72.3 Å². The number of aryl methyl sites for hydroxylation is 1. The van der Waals surface area contributed by atoms with E-state index in [0.717, 1.165) is 17.2 Å². The molecule has 3 aromatic carbocycles. The summed E-state index contributed by atoms with van der Waals surface area (Å²) in [5.41, 5.74) is 2.43. The Balaban J connectivity index is 1.25. The molecule has 37 heavy (non-hydrogen) atoms. The quantitative estimate of drug-likeness (QED) is 0.350. The molecule has 0 saturated carbocycles. The Labute approximate surface area is 217 Å². The van der Waals surface area contributed by atoms with Crippen molar-refractivity contribution in [3.63, 3.8) is 0 Å². The van der Waals surface area contributed by atoms with Crippen LogP contribution in [0, 0.1) is 6.92 Å². The topological polar surface area (TPSA) is 86.3 Å². The number of nitrogens with one attached hydrogen (secondary N) is 1. The molecule has 0 unspecified atom stereocenters. The Kier molecular flexibility index (Phi) is 8.86. The Morgan fingerprint density at radius 2 is 1.57 bits per heavy atom. The van der Waals surface area contributed by atoms with Crippen molar-refractivity contribution >= 4 is 23.2 Å². The highest BCUT2D eigenvalue weighted by atomic mass is 16.5. The normalized spacial score (nSPS) is 12.4. The van der Waals surface area contributed by atoms with Crippen LogP contribution in [0.25, 0.3) is 0 Å². The molecule has 1 aliphatic rings. The average Bonchev–Trinajstić information content (AvgIpc) is 2.91. The minimum absolute atomic E-state index is 0.00821. The lowest BCUT2D eigenvalue weighted by Crippen LogP contribution is -2.39. The van der Waals surface area contributed by atoms with Gasteiger partial charge in [-0.3, -0.25) is 9.59 Å². The van der Waals surface area contributed by atoms with Gasteiger partial charge in [-0.15, -0.1) is 0 Å². The van der Waals surface area contributed by atoms with Gasteiger partial charge in [0.1, 0.15) is 23.0 Å². The molecule has 1 heterocycles. The lowest BCUT2D eigenvalue weighted by Gasteiger charge is -2.30. The number of rotatable bonds is 12. The van der Waals surface area contributed by atoms with Gasteiger partial charge in [0.15, 0.2) is 6.61 Å². The highest BCUT2D eigenvalue weighted by Gasteiger charge is 2.25. The monoisotopic (exact) mass is 504 g/mol. The van der Waals surface area contributed by atoms with Crippen molar-refractivity contribution in [1.82, 2.24) is 0 Å². The first-order chi connectivity index (χ1) is 18.0. The minimum Gasteiger partial charge on any atom is -0.497 e. The van der Waals surface area contributed by atoms with Crippen molar-refractivity contribution < 1.29 is 28.5 Å². The Morgan fingerprint density at radius 3 is 2.27 bits per heavy atom. The average molecular weight is 505 g/mol. The van der Waals surface area contributed by atoms with Gasteiger partial charge < -0.3 is 29.2 Å². The fraction of sp³-hybridized carbons (Fsp3) is 0.310. The molecule has 194 valence electrons. The number of fused-ring (bicyclic) bond motifs is 1. The molecule has 0 bridgehead atoms. The first kappa shape index (κ1) is 25.9. The fourth-order valence-electron chi connectivity index (χ4n) is 3.89. The van der Waals surface area contributed by atoms with Crippen LogP contribution in [0.5, 0.6) is 23.0 Å². The van der Waals surface area contributed by atoms with Crippen LogP contribution in [-0.2, 0) is 9.59 Å². The van der Waals surface area contributed by atoms with E-state index >= 15 is 0 Å². The van der Waals surface area contributed by atoms with Gasteiger partial charge >= 0.3 is 0 Å².